The summed E-state index contributed by atoms with van der Waals surface area (Å²) in [6, 6.07) is 12.7. The fraction of sp³-hybridized carbons (Fsp3) is 0.364. The number of ketones is 1. The van der Waals surface area contributed by atoms with E-state index >= 15 is 0 Å². The number of Topliss-reactive ketones (excluding diaryl/α,β-unsaturated/α-hetero) is 1. The summed E-state index contributed by atoms with van der Waals surface area (Å²) in [5.74, 6) is -0.436. The number of hydrogen-bond donors (Lipinski definition) is 0. The molecule has 1 fully saturated rings. The number of carbonyl (C=O) groups excluding carboxylic acids is 2. The van der Waals surface area contributed by atoms with Crippen LogP contribution in [0.1, 0.15) is 40.5 Å². The number of nitrogens with zero attached hydrogens (tertiary/aromatic N) is 1. The zero-order chi connectivity index (χ0) is 21.7. The summed E-state index contributed by atoms with van der Waals surface area (Å²) < 4.78 is 32.1. The lowest BCUT2D eigenvalue weighted by Gasteiger charge is -2.29. The van der Waals surface area contributed by atoms with E-state index in [1.54, 1.807) is 23.9 Å². The average Bonchev–Trinajstić information content (AvgIpc) is 2.77. The van der Waals surface area contributed by atoms with Crippen LogP contribution >= 0.6 is 11.8 Å². The summed E-state index contributed by atoms with van der Waals surface area (Å²) in [5, 5.41) is 0. The molecule has 0 N–H and O–H groups in total. The number of thioether (sulfide) groups is 1. The van der Waals surface area contributed by atoms with Crippen LogP contribution in [0.4, 0.5) is 0 Å². The van der Waals surface area contributed by atoms with E-state index in [1.165, 1.54) is 28.6 Å². The first kappa shape index (κ1) is 22.5. The van der Waals surface area contributed by atoms with Crippen molar-refractivity contribution in [1.29, 1.82) is 0 Å². The number of ether oxygens (including phenoxy) is 1. The maximum atomic E-state index is 12.8. The lowest BCUT2D eigenvalue weighted by molar-refractivity contribution is 0.0474. The summed E-state index contributed by atoms with van der Waals surface area (Å²) in [4.78, 5) is 25.6. The Morgan fingerprint density at radius 1 is 1.00 bits per heavy atom. The minimum absolute atomic E-state index is 0.151. The molecule has 2 aromatic carbocycles. The Morgan fingerprint density at radius 2 is 1.57 bits per heavy atom. The van der Waals surface area contributed by atoms with Gasteiger partial charge in [-0.3, -0.25) is 4.79 Å². The normalized spacial score (nSPS) is 15.7. The molecule has 0 spiro atoms. The predicted octanol–water partition coefficient (Wildman–Crippen LogP) is 3.87. The van der Waals surface area contributed by atoms with Crippen molar-refractivity contribution in [3.8, 4) is 0 Å². The van der Waals surface area contributed by atoms with Crippen LogP contribution in [0.25, 0.3) is 0 Å². The molecule has 160 valence electrons. The Balaban J connectivity index is 1.60. The zero-order valence-electron chi connectivity index (χ0n) is 17.0. The van der Waals surface area contributed by atoms with E-state index in [1.807, 2.05) is 18.4 Å². The molecule has 0 aliphatic carbocycles. The molecule has 30 heavy (non-hydrogen) atoms. The molecular weight excluding hydrogens is 422 g/mol. The molecule has 0 aromatic heterocycles. The highest BCUT2D eigenvalue weighted by Crippen LogP contribution is 2.23. The number of hydrogen-bond acceptors (Lipinski definition) is 6. The van der Waals surface area contributed by atoms with Crippen molar-refractivity contribution in [3.63, 3.8) is 0 Å². The van der Waals surface area contributed by atoms with E-state index in [9.17, 15) is 18.0 Å². The third kappa shape index (κ3) is 5.30. The number of sulfonamides is 1. The van der Waals surface area contributed by atoms with Gasteiger partial charge in [-0.1, -0.05) is 19.1 Å². The van der Waals surface area contributed by atoms with Gasteiger partial charge in [-0.2, -0.15) is 4.31 Å². The van der Waals surface area contributed by atoms with Crippen molar-refractivity contribution in [2.75, 3.05) is 26.0 Å². The van der Waals surface area contributed by atoms with Crippen LogP contribution < -0.4 is 0 Å². The number of piperidine rings is 1. The molecule has 0 atom stereocenters. The van der Waals surface area contributed by atoms with Gasteiger partial charge in [0.1, 0.15) is 0 Å². The average molecular weight is 448 g/mol. The third-order valence-corrected chi connectivity index (χ3v) is 7.87. The van der Waals surface area contributed by atoms with Gasteiger partial charge in [0.2, 0.25) is 10.0 Å². The highest BCUT2D eigenvalue weighted by Gasteiger charge is 2.28. The molecule has 6 nitrogen and oxygen atoms in total. The molecule has 1 aliphatic rings. The first-order valence-corrected chi connectivity index (χ1v) is 12.4. The van der Waals surface area contributed by atoms with E-state index in [4.69, 9.17) is 4.74 Å². The van der Waals surface area contributed by atoms with Crippen LogP contribution in [-0.2, 0) is 14.8 Å². The van der Waals surface area contributed by atoms with Crippen molar-refractivity contribution in [3.05, 3.63) is 59.7 Å². The highest BCUT2D eigenvalue weighted by molar-refractivity contribution is 7.98. The molecule has 0 amide bonds. The van der Waals surface area contributed by atoms with Crippen molar-refractivity contribution in [2.24, 2.45) is 5.92 Å². The standard InChI is InChI=1S/C22H25NO5S2/c1-16-11-13-23(14-12-16)30(26,27)20-9-5-18(6-10-20)22(25)28-15-21(24)17-3-7-19(29-2)8-4-17/h3-10,16H,11-15H2,1-2H3. The maximum Gasteiger partial charge on any atom is 0.338 e. The Kier molecular flexibility index (Phi) is 7.33. The van der Waals surface area contributed by atoms with E-state index in [0.717, 1.165) is 17.7 Å². The third-order valence-electron chi connectivity index (χ3n) is 5.22. The monoisotopic (exact) mass is 447 g/mol. The number of rotatable bonds is 7. The molecular formula is C22H25NO5S2. The van der Waals surface area contributed by atoms with Gasteiger partial charge >= 0.3 is 5.97 Å². The molecule has 2 aromatic rings. The quantitative estimate of drug-likeness (QED) is 0.364. The van der Waals surface area contributed by atoms with Crippen molar-refractivity contribution >= 4 is 33.5 Å². The molecule has 3 rings (SSSR count). The molecule has 0 bridgehead atoms. The first-order valence-electron chi connectivity index (χ1n) is 9.76. The molecule has 1 saturated heterocycles. The van der Waals surface area contributed by atoms with E-state index in [2.05, 4.69) is 6.92 Å². The van der Waals surface area contributed by atoms with E-state index < -0.39 is 16.0 Å². The maximum absolute atomic E-state index is 12.8. The van der Waals surface area contributed by atoms with Gasteiger partial charge in [0, 0.05) is 23.5 Å². The molecule has 1 aliphatic heterocycles. The summed E-state index contributed by atoms with van der Waals surface area (Å²) in [7, 11) is -3.57. The minimum atomic E-state index is -3.57. The Hall–Kier alpha value is -2.16. The van der Waals surface area contributed by atoms with Crippen molar-refractivity contribution in [1.82, 2.24) is 4.31 Å². The van der Waals surface area contributed by atoms with Crippen molar-refractivity contribution in [2.45, 2.75) is 29.6 Å². The van der Waals surface area contributed by atoms with Gasteiger partial charge in [-0.15, -0.1) is 11.8 Å². The lowest BCUT2D eigenvalue weighted by Crippen LogP contribution is -2.37. The summed E-state index contributed by atoms with van der Waals surface area (Å²) in [6.07, 6.45) is 3.64. The van der Waals surface area contributed by atoms with Crippen LogP contribution in [-0.4, -0.2) is 50.4 Å². The molecule has 0 saturated carbocycles. The van der Waals surface area contributed by atoms with E-state index in [-0.39, 0.29) is 22.8 Å². The zero-order valence-corrected chi connectivity index (χ0v) is 18.7. The SMILES string of the molecule is CSc1ccc(C(=O)COC(=O)c2ccc(S(=O)(=O)N3CCC(C)CC3)cc2)cc1. The second-order valence-corrected chi connectivity index (χ2v) is 10.2. The van der Waals surface area contributed by atoms with Gasteiger partial charge in [0.25, 0.3) is 0 Å². The number of benzene rings is 2. The van der Waals surface area contributed by atoms with Gasteiger partial charge in [0.05, 0.1) is 10.5 Å². The minimum Gasteiger partial charge on any atom is -0.454 e. The van der Waals surface area contributed by atoms with E-state index in [0.29, 0.717) is 24.6 Å². The number of carbonyl (C=O) groups is 2. The summed E-state index contributed by atoms with van der Waals surface area (Å²) in [6.45, 7) is 2.76. The molecule has 0 radical (unpaired) electrons. The summed E-state index contributed by atoms with van der Waals surface area (Å²) >= 11 is 1.57. The Bertz CT molecular complexity index is 993. The van der Waals surface area contributed by atoms with Gasteiger partial charge in [-0.25, -0.2) is 13.2 Å². The topological polar surface area (TPSA) is 80.8 Å². The van der Waals surface area contributed by atoms with Crippen LogP contribution in [0.15, 0.2) is 58.3 Å². The van der Waals surface area contributed by atoms with Crippen molar-refractivity contribution < 1.29 is 22.7 Å². The molecule has 0 unspecified atom stereocenters. The fourth-order valence-electron chi connectivity index (χ4n) is 3.21. The number of esters is 1. The lowest BCUT2D eigenvalue weighted by atomic mass is 10.0. The summed E-state index contributed by atoms with van der Waals surface area (Å²) in [5.41, 5.74) is 0.671. The predicted molar refractivity (Wildman–Crippen MR) is 116 cm³/mol. The van der Waals surface area contributed by atoms with Gasteiger partial charge in [0.15, 0.2) is 12.4 Å². The van der Waals surface area contributed by atoms with Crippen LogP contribution in [0.3, 0.4) is 0 Å². The van der Waals surface area contributed by atoms with Crippen LogP contribution in [0.5, 0.6) is 0 Å². The van der Waals surface area contributed by atoms with Gasteiger partial charge in [-0.05, 0) is 61.4 Å². The first-order chi connectivity index (χ1) is 14.3. The molecule has 1 heterocycles. The second kappa shape index (κ2) is 9.76. The highest BCUT2D eigenvalue weighted by atomic mass is 32.2. The molecule has 8 heteroatoms. The van der Waals surface area contributed by atoms with Gasteiger partial charge < -0.3 is 4.74 Å². The fourth-order valence-corrected chi connectivity index (χ4v) is 5.09. The second-order valence-electron chi connectivity index (χ2n) is 7.34. The smallest absolute Gasteiger partial charge is 0.338 e. The largest absolute Gasteiger partial charge is 0.454 e. The van der Waals surface area contributed by atoms with Crippen LogP contribution in [0, 0.1) is 5.92 Å². The van der Waals surface area contributed by atoms with Crippen LogP contribution in [0.2, 0.25) is 0 Å². The Morgan fingerprint density at radius 3 is 2.13 bits per heavy atom. The Labute approximate surface area is 181 Å².